The molecule has 0 radical (unpaired) electrons. The van der Waals surface area contributed by atoms with Crippen molar-refractivity contribution in [2.24, 2.45) is 5.92 Å². The van der Waals surface area contributed by atoms with Crippen LogP contribution < -0.4 is 5.32 Å². The summed E-state index contributed by atoms with van der Waals surface area (Å²) in [4.78, 5) is 10.6. The summed E-state index contributed by atoms with van der Waals surface area (Å²) in [5.74, 6) is 0.201. The Kier molecular flexibility index (Phi) is 2.06. The minimum absolute atomic E-state index is 0.201. The molecule has 1 saturated heterocycles. The SMILES string of the molecule is CC(C)[C@]1(C=O)NCCO1. The largest absolute Gasteiger partial charge is 0.352 e. The molecule has 10 heavy (non-hydrogen) atoms. The summed E-state index contributed by atoms with van der Waals surface area (Å²) < 4.78 is 5.27. The van der Waals surface area contributed by atoms with Crippen LogP contribution in [-0.4, -0.2) is 25.2 Å². The first kappa shape index (κ1) is 7.69. The van der Waals surface area contributed by atoms with Crippen molar-refractivity contribution >= 4 is 6.29 Å². The Hall–Kier alpha value is -0.410. The summed E-state index contributed by atoms with van der Waals surface area (Å²) in [7, 11) is 0. The van der Waals surface area contributed by atoms with E-state index in [1.807, 2.05) is 13.8 Å². The highest BCUT2D eigenvalue weighted by atomic mass is 16.5. The van der Waals surface area contributed by atoms with Crippen molar-refractivity contribution in [2.75, 3.05) is 13.2 Å². The monoisotopic (exact) mass is 143 g/mol. The number of hydrogen-bond acceptors (Lipinski definition) is 3. The molecule has 1 aliphatic rings. The molecule has 0 amide bonds. The van der Waals surface area contributed by atoms with Crippen molar-refractivity contribution in [3.05, 3.63) is 0 Å². The van der Waals surface area contributed by atoms with Crippen LogP contribution in [0, 0.1) is 5.92 Å². The molecule has 1 fully saturated rings. The number of nitrogens with one attached hydrogen (secondary N) is 1. The fourth-order valence-corrected chi connectivity index (χ4v) is 1.10. The molecule has 0 bridgehead atoms. The van der Waals surface area contributed by atoms with E-state index in [2.05, 4.69) is 5.32 Å². The normalized spacial score (nSPS) is 33.1. The van der Waals surface area contributed by atoms with Crippen LogP contribution in [0.1, 0.15) is 13.8 Å². The summed E-state index contributed by atoms with van der Waals surface area (Å²) in [5, 5.41) is 3.03. The molecule has 0 aromatic heterocycles. The number of rotatable bonds is 2. The van der Waals surface area contributed by atoms with Gasteiger partial charge < -0.3 is 4.74 Å². The number of carbonyl (C=O) groups excluding carboxylic acids is 1. The number of ether oxygens (including phenoxy) is 1. The van der Waals surface area contributed by atoms with Gasteiger partial charge in [-0.15, -0.1) is 0 Å². The quantitative estimate of drug-likeness (QED) is 0.559. The molecular formula is C7H13NO2. The molecule has 1 rings (SSSR count). The van der Waals surface area contributed by atoms with E-state index >= 15 is 0 Å². The molecule has 0 unspecified atom stereocenters. The number of aldehydes is 1. The third-order valence-electron chi connectivity index (χ3n) is 1.88. The minimum atomic E-state index is -0.694. The van der Waals surface area contributed by atoms with E-state index < -0.39 is 5.72 Å². The lowest BCUT2D eigenvalue weighted by molar-refractivity contribution is -0.133. The van der Waals surface area contributed by atoms with Crippen LogP contribution in [-0.2, 0) is 9.53 Å². The van der Waals surface area contributed by atoms with Gasteiger partial charge in [-0.05, 0) is 0 Å². The maximum Gasteiger partial charge on any atom is 0.177 e. The predicted molar refractivity (Wildman–Crippen MR) is 37.6 cm³/mol. The zero-order valence-corrected chi connectivity index (χ0v) is 6.39. The molecule has 3 nitrogen and oxygen atoms in total. The van der Waals surface area contributed by atoms with Crippen molar-refractivity contribution in [1.82, 2.24) is 5.32 Å². The Morgan fingerprint density at radius 2 is 2.40 bits per heavy atom. The molecule has 1 aliphatic heterocycles. The third kappa shape index (κ3) is 1.07. The van der Waals surface area contributed by atoms with E-state index in [0.29, 0.717) is 6.61 Å². The standard InChI is InChI=1S/C7H13NO2/c1-6(2)7(5-9)8-3-4-10-7/h5-6,8H,3-4H2,1-2H3/t7-/m1/s1. The predicted octanol–water partition coefficient (Wildman–Crippen LogP) is 0.157. The topological polar surface area (TPSA) is 38.3 Å². The Labute approximate surface area is 60.7 Å². The lowest BCUT2D eigenvalue weighted by Crippen LogP contribution is -2.47. The Morgan fingerprint density at radius 1 is 1.70 bits per heavy atom. The minimum Gasteiger partial charge on any atom is -0.352 e. The highest BCUT2D eigenvalue weighted by Crippen LogP contribution is 2.19. The van der Waals surface area contributed by atoms with Gasteiger partial charge in [-0.25, -0.2) is 0 Å². The van der Waals surface area contributed by atoms with Crippen LogP contribution in [0.15, 0.2) is 0 Å². The van der Waals surface area contributed by atoms with Crippen molar-refractivity contribution in [3.63, 3.8) is 0 Å². The zero-order chi connectivity index (χ0) is 7.61. The maximum atomic E-state index is 10.6. The lowest BCUT2D eigenvalue weighted by Gasteiger charge is -2.25. The molecule has 1 N–H and O–H groups in total. The van der Waals surface area contributed by atoms with E-state index in [0.717, 1.165) is 12.8 Å². The smallest absolute Gasteiger partial charge is 0.177 e. The van der Waals surface area contributed by atoms with Crippen molar-refractivity contribution in [2.45, 2.75) is 19.6 Å². The molecule has 0 spiro atoms. The molecule has 0 aromatic rings. The van der Waals surface area contributed by atoms with E-state index in [4.69, 9.17) is 4.74 Å². The van der Waals surface area contributed by atoms with Crippen molar-refractivity contribution < 1.29 is 9.53 Å². The van der Waals surface area contributed by atoms with Gasteiger partial charge >= 0.3 is 0 Å². The summed E-state index contributed by atoms with van der Waals surface area (Å²) >= 11 is 0. The fraction of sp³-hybridized carbons (Fsp3) is 0.857. The highest BCUT2D eigenvalue weighted by Gasteiger charge is 2.37. The second-order valence-corrected chi connectivity index (χ2v) is 2.84. The second-order valence-electron chi connectivity index (χ2n) is 2.84. The van der Waals surface area contributed by atoms with Crippen LogP contribution >= 0.6 is 0 Å². The van der Waals surface area contributed by atoms with Gasteiger partial charge in [0.2, 0.25) is 0 Å². The summed E-state index contributed by atoms with van der Waals surface area (Å²) in [6.07, 6.45) is 0.852. The van der Waals surface area contributed by atoms with Gasteiger partial charge in [-0.1, -0.05) is 13.8 Å². The maximum absolute atomic E-state index is 10.6. The molecule has 0 saturated carbocycles. The Balaban J connectivity index is 2.67. The van der Waals surface area contributed by atoms with Gasteiger partial charge in [0, 0.05) is 12.5 Å². The van der Waals surface area contributed by atoms with Gasteiger partial charge in [-0.2, -0.15) is 0 Å². The van der Waals surface area contributed by atoms with E-state index in [9.17, 15) is 4.79 Å². The molecule has 0 aromatic carbocycles. The fourth-order valence-electron chi connectivity index (χ4n) is 1.10. The average molecular weight is 143 g/mol. The van der Waals surface area contributed by atoms with E-state index in [-0.39, 0.29) is 5.92 Å². The first-order chi connectivity index (χ1) is 4.71. The first-order valence-corrected chi connectivity index (χ1v) is 3.56. The van der Waals surface area contributed by atoms with Crippen LogP contribution in [0.2, 0.25) is 0 Å². The molecule has 1 heterocycles. The van der Waals surface area contributed by atoms with E-state index in [1.54, 1.807) is 0 Å². The molecule has 0 aliphatic carbocycles. The van der Waals surface area contributed by atoms with E-state index in [1.165, 1.54) is 0 Å². The summed E-state index contributed by atoms with van der Waals surface area (Å²) in [5.41, 5.74) is -0.694. The molecule has 3 heteroatoms. The average Bonchev–Trinajstić information content (AvgIpc) is 2.35. The first-order valence-electron chi connectivity index (χ1n) is 3.56. The van der Waals surface area contributed by atoms with Crippen molar-refractivity contribution in [1.29, 1.82) is 0 Å². The van der Waals surface area contributed by atoms with Crippen LogP contribution in [0.25, 0.3) is 0 Å². The van der Waals surface area contributed by atoms with Gasteiger partial charge in [-0.3, -0.25) is 10.1 Å². The second kappa shape index (κ2) is 2.68. The Bertz CT molecular complexity index is 128. The van der Waals surface area contributed by atoms with Crippen LogP contribution in [0.4, 0.5) is 0 Å². The number of hydrogen-bond donors (Lipinski definition) is 1. The highest BCUT2D eigenvalue weighted by molar-refractivity contribution is 5.62. The zero-order valence-electron chi connectivity index (χ0n) is 6.39. The van der Waals surface area contributed by atoms with Gasteiger partial charge in [0.1, 0.15) is 0 Å². The van der Waals surface area contributed by atoms with Gasteiger partial charge in [0.15, 0.2) is 12.0 Å². The summed E-state index contributed by atoms with van der Waals surface area (Å²) in [6.45, 7) is 5.34. The third-order valence-corrected chi connectivity index (χ3v) is 1.88. The van der Waals surface area contributed by atoms with Gasteiger partial charge in [0.25, 0.3) is 0 Å². The number of carbonyl (C=O) groups is 1. The molecule has 1 atom stereocenters. The van der Waals surface area contributed by atoms with Crippen LogP contribution in [0.5, 0.6) is 0 Å². The molecule has 58 valence electrons. The summed E-state index contributed by atoms with van der Waals surface area (Å²) in [6, 6.07) is 0. The van der Waals surface area contributed by atoms with Crippen molar-refractivity contribution in [3.8, 4) is 0 Å². The van der Waals surface area contributed by atoms with Crippen LogP contribution in [0.3, 0.4) is 0 Å². The lowest BCUT2D eigenvalue weighted by atomic mass is 10.0. The Morgan fingerprint density at radius 3 is 2.60 bits per heavy atom. The van der Waals surface area contributed by atoms with Gasteiger partial charge in [0.05, 0.1) is 6.61 Å². The molecular weight excluding hydrogens is 130 g/mol.